The van der Waals surface area contributed by atoms with Crippen molar-refractivity contribution < 1.29 is 9.59 Å². The molecule has 4 heteroatoms. The van der Waals surface area contributed by atoms with Gasteiger partial charge in [0.2, 0.25) is 11.8 Å². The maximum atomic E-state index is 12.0. The zero-order chi connectivity index (χ0) is 13.1. The van der Waals surface area contributed by atoms with Crippen molar-refractivity contribution in [1.82, 2.24) is 9.80 Å². The van der Waals surface area contributed by atoms with E-state index in [9.17, 15) is 9.59 Å². The summed E-state index contributed by atoms with van der Waals surface area (Å²) >= 11 is 0. The Bertz CT molecular complexity index is 342. The van der Waals surface area contributed by atoms with E-state index in [-0.39, 0.29) is 18.4 Å². The Balaban J connectivity index is 1.76. The molecule has 1 aliphatic carbocycles. The van der Waals surface area contributed by atoms with Gasteiger partial charge in [-0.1, -0.05) is 6.58 Å². The quantitative estimate of drug-likeness (QED) is 0.705. The molecule has 0 unspecified atom stereocenters. The molecule has 0 aromatic heterocycles. The van der Waals surface area contributed by atoms with Gasteiger partial charge in [0.15, 0.2) is 0 Å². The average Bonchev–Trinajstić information content (AvgIpc) is 3.22. The zero-order valence-corrected chi connectivity index (χ0v) is 11.1. The maximum absolute atomic E-state index is 12.0. The van der Waals surface area contributed by atoms with E-state index in [4.69, 9.17) is 0 Å². The number of nitrogens with zero attached hydrogens (tertiary/aromatic N) is 2. The third-order valence-electron chi connectivity index (χ3n) is 4.10. The number of carbonyl (C=O) groups is 2. The summed E-state index contributed by atoms with van der Waals surface area (Å²) in [5.41, 5.74) is 0. The molecule has 0 aromatic carbocycles. The molecular formula is C14H22N2O2. The molecule has 100 valence electrons. The highest BCUT2D eigenvalue weighted by atomic mass is 16.2. The Morgan fingerprint density at radius 2 is 1.78 bits per heavy atom. The minimum absolute atomic E-state index is 0.0574. The van der Waals surface area contributed by atoms with Gasteiger partial charge < -0.3 is 9.80 Å². The zero-order valence-electron chi connectivity index (χ0n) is 11.1. The van der Waals surface area contributed by atoms with E-state index in [1.807, 2.05) is 4.90 Å². The van der Waals surface area contributed by atoms with Crippen molar-refractivity contribution in [3.05, 3.63) is 12.7 Å². The topological polar surface area (TPSA) is 40.6 Å². The van der Waals surface area contributed by atoms with E-state index < -0.39 is 0 Å². The normalized spacial score (nSPS) is 20.6. The molecule has 2 aliphatic rings. The van der Waals surface area contributed by atoms with Crippen LogP contribution in [0.15, 0.2) is 12.7 Å². The van der Waals surface area contributed by atoms with Crippen LogP contribution in [0.1, 0.15) is 25.7 Å². The van der Waals surface area contributed by atoms with Crippen molar-refractivity contribution in [3.63, 3.8) is 0 Å². The van der Waals surface area contributed by atoms with Gasteiger partial charge in [-0.15, -0.1) is 0 Å². The lowest BCUT2D eigenvalue weighted by Gasteiger charge is -2.33. The molecule has 0 bridgehead atoms. The third-order valence-corrected chi connectivity index (χ3v) is 4.10. The SMILES string of the molecule is C=CC(=O)N(C)CC(=O)N1CCC(C2CC2)CC1. The Morgan fingerprint density at radius 1 is 1.22 bits per heavy atom. The first-order valence-corrected chi connectivity index (χ1v) is 6.77. The molecule has 1 saturated carbocycles. The van der Waals surface area contributed by atoms with Gasteiger partial charge in [0, 0.05) is 20.1 Å². The van der Waals surface area contributed by atoms with Gasteiger partial charge in [-0.2, -0.15) is 0 Å². The largest absolute Gasteiger partial charge is 0.341 e. The second-order valence-electron chi connectivity index (χ2n) is 5.45. The smallest absolute Gasteiger partial charge is 0.246 e. The molecule has 0 radical (unpaired) electrons. The highest BCUT2D eigenvalue weighted by Gasteiger charge is 2.34. The van der Waals surface area contributed by atoms with E-state index in [2.05, 4.69) is 6.58 Å². The average molecular weight is 250 g/mol. The van der Waals surface area contributed by atoms with Gasteiger partial charge in [0.25, 0.3) is 0 Å². The van der Waals surface area contributed by atoms with Gasteiger partial charge in [-0.3, -0.25) is 9.59 Å². The minimum Gasteiger partial charge on any atom is -0.341 e. The summed E-state index contributed by atoms with van der Waals surface area (Å²) < 4.78 is 0. The lowest BCUT2D eigenvalue weighted by molar-refractivity contribution is -0.138. The van der Waals surface area contributed by atoms with Crippen molar-refractivity contribution in [2.24, 2.45) is 11.8 Å². The molecule has 0 spiro atoms. The Kier molecular flexibility index (Phi) is 4.04. The standard InChI is InChI=1S/C14H22N2O2/c1-3-13(17)15(2)10-14(18)16-8-6-12(7-9-16)11-4-5-11/h3,11-12H,1,4-10H2,2H3. The number of hydrogen-bond donors (Lipinski definition) is 0. The molecule has 0 N–H and O–H groups in total. The van der Waals surface area contributed by atoms with Crippen LogP contribution in [-0.4, -0.2) is 48.3 Å². The molecule has 2 fully saturated rings. The van der Waals surface area contributed by atoms with Crippen molar-refractivity contribution in [3.8, 4) is 0 Å². The molecule has 0 atom stereocenters. The molecule has 0 aromatic rings. The predicted molar refractivity (Wildman–Crippen MR) is 69.9 cm³/mol. The van der Waals surface area contributed by atoms with Crippen molar-refractivity contribution in [1.29, 1.82) is 0 Å². The van der Waals surface area contributed by atoms with Crippen LogP contribution in [0.25, 0.3) is 0 Å². The molecule has 4 nitrogen and oxygen atoms in total. The van der Waals surface area contributed by atoms with E-state index in [0.29, 0.717) is 0 Å². The van der Waals surface area contributed by atoms with E-state index in [0.717, 1.165) is 37.8 Å². The van der Waals surface area contributed by atoms with Crippen molar-refractivity contribution in [2.45, 2.75) is 25.7 Å². The fourth-order valence-corrected chi connectivity index (χ4v) is 2.72. The van der Waals surface area contributed by atoms with Crippen LogP contribution >= 0.6 is 0 Å². The van der Waals surface area contributed by atoms with E-state index >= 15 is 0 Å². The Labute approximate surface area is 109 Å². The number of rotatable bonds is 4. The van der Waals surface area contributed by atoms with Crippen LogP contribution in [0.4, 0.5) is 0 Å². The fourth-order valence-electron chi connectivity index (χ4n) is 2.72. The first-order valence-electron chi connectivity index (χ1n) is 6.77. The number of likely N-dealkylation sites (N-methyl/N-ethyl adjacent to an activating group) is 1. The van der Waals surface area contributed by atoms with Crippen LogP contribution in [0.3, 0.4) is 0 Å². The van der Waals surface area contributed by atoms with Crippen LogP contribution in [0.5, 0.6) is 0 Å². The number of piperidine rings is 1. The van der Waals surface area contributed by atoms with Gasteiger partial charge in [-0.25, -0.2) is 0 Å². The van der Waals surface area contributed by atoms with Crippen LogP contribution in [0, 0.1) is 11.8 Å². The Morgan fingerprint density at radius 3 is 2.28 bits per heavy atom. The fraction of sp³-hybridized carbons (Fsp3) is 0.714. The molecule has 1 aliphatic heterocycles. The molecule has 2 rings (SSSR count). The molecule has 18 heavy (non-hydrogen) atoms. The summed E-state index contributed by atoms with van der Waals surface area (Å²) in [6.07, 6.45) is 6.28. The number of carbonyl (C=O) groups excluding carboxylic acids is 2. The van der Waals surface area contributed by atoms with Gasteiger partial charge in [0.1, 0.15) is 0 Å². The van der Waals surface area contributed by atoms with Crippen LogP contribution in [0.2, 0.25) is 0 Å². The lowest BCUT2D eigenvalue weighted by Crippen LogP contribution is -2.44. The number of likely N-dealkylation sites (tertiary alicyclic amines) is 1. The van der Waals surface area contributed by atoms with Crippen molar-refractivity contribution in [2.75, 3.05) is 26.7 Å². The lowest BCUT2D eigenvalue weighted by atomic mass is 9.92. The molecule has 1 saturated heterocycles. The number of hydrogen-bond acceptors (Lipinski definition) is 2. The molecule has 2 amide bonds. The number of amides is 2. The second-order valence-corrected chi connectivity index (χ2v) is 5.45. The summed E-state index contributed by atoms with van der Waals surface area (Å²) in [5.74, 6) is 1.63. The first kappa shape index (κ1) is 13.1. The summed E-state index contributed by atoms with van der Waals surface area (Å²) in [4.78, 5) is 26.6. The third kappa shape index (κ3) is 3.12. The molecule has 1 heterocycles. The highest BCUT2D eigenvalue weighted by molar-refractivity contribution is 5.90. The van der Waals surface area contributed by atoms with Crippen molar-refractivity contribution >= 4 is 11.8 Å². The van der Waals surface area contributed by atoms with E-state index in [1.165, 1.54) is 23.8 Å². The van der Waals surface area contributed by atoms with Crippen LogP contribution in [-0.2, 0) is 9.59 Å². The monoisotopic (exact) mass is 250 g/mol. The van der Waals surface area contributed by atoms with E-state index in [1.54, 1.807) is 7.05 Å². The van der Waals surface area contributed by atoms with Gasteiger partial charge >= 0.3 is 0 Å². The van der Waals surface area contributed by atoms with Gasteiger partial charge in [0.05, 0.1) is 6.54 Å². The Hall–Kier alpha value is -1.32. The summed E-state index contributed by atoms with van der Waals surface area (Å²) in [7, 11) is 1.64. The maximum Gasteiger partial charge on any atom is 0.246 e. The minimum atomic E-state index is -0.198. The summed E-state index contributed by atoms with van der Waals surface area (Å²) in [6.45, 7) is 5.30. The molecular weight excluding hydrogens is 228 g/mol. The first-order chi connectivity index (χ1) is 8.61. The second kappa shape index (κ2) is 5.55. The predicted octanol–water partition coefficient (Wildman–Crippen LogP) is 1.28. The summed E-state index contributed by atoms with van der Waals surface area (Å²) in [6, 6.07) is 0. The summed E-state index contributed by atoms with van der Waals surface area (Å²) in [5, 5.41) is 0. The highest BCUT2D eigenvalue weighted by Crippen LogP contribution is 2.41. The van der Waals surface area contributed by atoms with Gasteiger partial charge in [-0.05, 0) is 43.6 Å². The van der Waals surface area contributed by atoms with Crippen LogP contribution < -0.4 is 0 Å².